The number of nitrogens with zero attached hydrogens (tertiary/aromatic N) is 1. The fourth-order valence-electron chi connectivity index (χ4n) is 3.16. The molecule has 2 N–H and O–H groups in total. The maximum atomic E-state index is 12.3. The van der Waals surface area contributed by atoms with E-state index in [1.54, 1.807) is 11.3 Å². The van der Waals surface area contributed by atoms with Gasteiger partial charge in [0.1, 0.15) is 5.01 Å². The molecule has 0 bridgehead atoms. The van der Waals surface area contributed by atoms with Crippen LogP contribution in [0.4, 0.5) is 0 Å². The van der Waals surface area contributed by atoms with Gasteiger partial charge < -0.3 is 10.4 Å². The first kappa shape index (κ1) is 16.6. The predicted molar refractivity (Wildman–Crippen MR) is 92.5 cm³/mol. The summed E-state index contributed by atoms with van der Waals surface area (Å²) in [7, 11) is 0. The molecule has 6 heteroatoms. The number of hydrogen-bond donors (Lipinski definition) is 2. The highest BCUT2D eigenvalue weighted by atomic mass is 32.1. The lowest BCUT2D eigenvalue weighted by atomic mass is 10.1. The molecule has 0 unspecified atom stereocenters. The second-order valence-electron chi connectivity index (χ2n) is 6.73. The highest BCUT2D eigenvalue weighted by Crippen LogP contribution is 2.58. The Hall–Kier alpha value is -2.21. The number of aryl methyl sites for hydroxylation is 1. The van der Waals surface area contributed by atoms with Crippen molar-refractivity contribution in [1.82, 2.24) is 10.3 Å². The molecular formula is C18H20N2O3S. The molecular weight excluding hydrogens is 324 g/mol. The molecule has 1 aromatic carbocycles. The zero-order valence-corrected chi connectivity index (χ0v) is 14.7. The van der Waals surface area contributed by atoms with E-state index in [0.29, 0.717) is 6.54 Å². The number of carbonyl (C=O) groups is 2. The SMILES string of the molecule is Cc1nc(-c2ccccc2)sc1CNC(=O)[C@@H]1[C@H](C(=O)O)C1(C)C. The quantitative estimate of drug-likeness (QED) is 0.873. The summed E-state index contributed by atoms with van der Waals surface area (Å²) in [4.78, 5) is 29.1. The number of rotatable bonds is 5. The Labute approximate surface area is 144 Å². The molecule has 0 spiro atoms. The Kier molecular flexibility index (Phi) is 4.17. The molecule has 1 fully saturated rings. The van der Waals surface area contributed by atoms with Gasteiger partial charge in [-0.15, -0.1) is 11.3 Å². The van der Waals surface area contributed by atoms with E-state index in [2.05, 4.69) is 10.3 Å². The molecule has 1 amide bonds. The molecule has 0 radical (unpaired) electrons. The second kappa shape index (κ2) is 6.02. The van der Waals surface area contributed by atoms with E-state index in [1.165, 1.54) is 0 Å². The number of benzene rings is 1. The van der Waals surface area contributed by atoms with Crippen molar-refractivity contribution in [2.45, 2.75) is 27.3 Å². The molecule has 24 heavy (non-hydrogen) atoms. The van der Waals surface area contributed by atoms with Gasteiger partial charge in [0, 0.05) is 10.4 Å². The van der Waals surface area contributed by atoms with Crippen LogP contribution in [-0.2, 0) is 16.1 Å². The average molecular weight is 344 g/mol. The molecule has 2 atom stereocenters. The Morgan fingerprint density at radius 2 is 1.92 bits per heavy atom. The average Bonchev–Trinajstić information content (AvgIpc) is 2.94. The molecule has 2 aromatic rings. The van der Waals surface area contributed by atoms with Gasteiger partial charge in [0.2, 0.25) is 5.91 Å². The number of thiazole rings is 1. The van der Waals surface area contributed by atoms with Gasteiger partial charge in [-0.25, -0.2) is 4.98 Å². The Morgan fingerprint density at radius 3 is 2.50 bits per heavy atom. The van der Waals surface area contributed by atoms with Crippen LogP contribution in [0.2, 0.25) is 0 Å². The number of aliphatic carboxylic acids is 1. The summed E-state index contributed by atoms with van der Waals surface area (Å²) in [6.45, 7) is 5.95. The van der Waals surface area contributed by atoms with E-state index < -0.39 is 23.2 Å². The molecule has 5 nitrogen and oxygen atoms in total. The first-order valence-corrected chi connectivity index (χ1v) is 8.66. The molecule has 1 aliphatic carbocycles. The summed E-state index contributed by atoms with van der Waals surface area (Å²) < 4.78 is 0. The number of carboxylic acids is 1. The molecule has 0 saturated heterocycles. The molecule has 0 aliphatic heterocycles. The van der Waals surface area contributed by atoms with E-state index in [0.717, 1.165) is 21.1 Å². The van der Waals surface area contributed by atoms with Crippen LogP contribution in [-0.4, -0.2) is 22.0 Å². The largest absolute Gasteiger partial charge is 0.481 e. The summed E-state index contributed by atoms with van der Waals surface area (Å²) >= 11 is 1.55. The predicted octanol–water partition coefficient (Wildman–Crippen LogP) is 3.09. The van der Waals surface area contributed by atoms with Crippen molar-refractivity contribution in [3.8, 4) is 10.6 Å². The van der Waals surface area contributed by atoms with Crippen molar-refractivity contribution < 1.29 is 14.7 Å². The van der Waals surface area contributed by atoms with Crippen LogP contribution in [0.3, 0.4) is 0 Å². The van der Waals surface area contributed by atoms with Gasteiger partial charge in [-0.2, -0.15) is 0 Å². The van der Waals surface area contributed by atoms with Gasteiger partial charge in [0.05, 0.1) is 24.1 Å². The third kappa shape index (κ3) is 2.94. The van der Waals surface area contributed by atoms with Crippen LogP contribution in [0.25, 0.3) is 10.6 Å². The Bertz CT molecular complexity index is 783. The highest BCUT2D eigenvalue weighted by Gasteiger charge is 2.65. The number of carbonyl (C=O) groups excluding carboxylic acids is 1. The number of aromatic nitrogens is 1. The van der Waals surface area contributed by atoms with Crippen molar-refractivity contribution in [2.75, 3.05) is 0 Å². The molecule has 3 rings (SSSR count). The molecule has 1 saturated carbocycles. The van der Waals surface area contributed by atoms with Crippen LogP contribution in [0.15, 0.2) is 30.3 Å². The van der Waals surface area contributed by atoms with Crippen LogP contribution in [0.1, 0.15) is 24.4 Å². The van der Waals surface area contributed by atoms with Crippen LogP contribution in [0.5, 0.6) is 0 Å². The van der Waals surface area contributed by atoms with Crippen LogP contribution >= 0.6 is 11.3 Å². The van der Waals surface area contributed by atoms with Gasteiger partial charge >= 0.3 is 5.97 Å². The van der Waals surface area contributed by atoms with Gasteiger partial charge in [0.15, 0.2) is 0 Å². The van der Waals surface area contributed by atoms with Crippen molar-refractivity contribution >= 4 is 23.2 Å². The van der Waals surface area contributed by atoms with Crippen molar-refractivity contribution in [1.29, 1.82) is 0 Å². The lowest BCUT2D eigenvalue weighted by Crippen LogP contribution is -2.26. The molecule has 1 aliphatic rings. The fraction of sp³-hybridized carbons (Fsp3) is 0.389. The van der Waals surface area contributed by atoms with E-state index in [-0.39, 0.29) is 5.91 Å². The highest BCUT2D eigenvalue weighted by molar-refractivity contribution is 7.15. The number of nitrogens with one attached hydrogen (secondary N) is 1. The third-order valence-corrected chi connectivity index (χ3v) is 5.92. The van der Waals surface area contributed by atoms with Crippen molar-refractivity contribution in [3.05, 3.63) is 40.9 Å². The third-order valence-electron chi connectivity index (χ3n) is 4.71. The monoisotopic (exact) mass is 344 g/mol. The summed E-state index contributed by atoms with van der Waals surface area (Å²) in [5.74, 6) is -2.15. The maximum absolute atomic E-state index is 12.3. The lowest BCUT2D eigenvalue weighted by Gasteiger charge is -2.05. The van der Waals surface area contributed by atoms with E-state index >= 15 is 0 Å². The van der Waals surface area contributed by atoms with Gasteiger partial charge in [0.25, 0.3) is 0 Å². The first-order chi connectivity index (χ1) is 11.3. The summed E-state index contributed by atoms with van der Waals surface area (Å²) in [6, 6.07) is 9.90. The van der Waals surface area contributed by atoms with Crippen LogP contribution in [0, 0.1) is 24.2 Å². The van der Waals surface area contributed by atoms with E-state index in [1.807, 2.05) is 51.1 Å². The van der Waals surface area contributed by atoms with Crippen LogP contribution < -0.4 is 5.32 Å². The minimum atomic E-state index is -0.902. The number of amides is 1. The smallest absolute Gasteiger partial charge is 0.307 e. The van der Waals surface area contributed by atoms with Crippen molar-refractivity contribution in [2.24, 2.45) is 17.3 Å². The second-order valence-corrected chi connectivity index (χ2v) is 7.81. The molecule has 1 heterocycles. The fourth-order valence-corrected chi connectivity index (χ4v) is 4.17. The van der Waals surface area contributed by atoms with E-state index in [4.69, 9.17) is 0 Å². The zero-order chi connectivity index (χ0) is 17.5. The Balaban J connectivity index is 1.67. The zero-order valence-electron chi connectivity index (χ0n) is 13.9. The standard InChI is InChI=1S/C18H20N2O3S/c1-10-12(24-16(20-10)11-7-5-4-6-8-11)9-19-15(21)13-14(17(22)23)18(13,2)3/h4-8,13-14H,9H2,1-3H3,(H,19,21)(H,22,23)/t13-,14+/m0/s1. The van der Waals surface area contributed by atoms with E-state index in [9.17, 15) is 14.7 Å². The summed E-state index contributed by atoms with van der Waals surface area (Å²) in [5, 5.41) is 13.0. The van der Waals surface area contributed by atoms with Gasteiger partial charge in [-0.3, -0.25) is 9.59 Å². The molecule has 1 aromatic heterocycles. The maximum Gasteiger partial charge on any atom is 0.307 e. The van der Waals surface area contributed by atoms with Gasteiger partial charge in [-0.05, 0) is 12.3 Å². The molecule has 126 valence electrons. The Morgan fingerprint density at radius 1 is 1.25 bits per heavy atom. The minimum Gasteiger partial charge on any atom is -0.481 e. The first-order valence-electron chi connectivity index (χ1n) is 7.84. The number of carboxylic acid groups (broad SMARTS) is 1. The lowest BCUT2D eigenvalue weighted by molar-refractivity contribution is -0.140. The normalized spacial score (nSPS) is 21.3. The summed E-state index contributed by atoms with van der Waals surface area (Å²) in [5.41, 5.74) is 1.47. The van der Waals surface area contributed by atoms with Gasteiger partial charge in [-0.1, -0.05) is 44.2 Å². The number of hydrogen-bond acceptors (Lipinski definition) is 4. The summed E-state index contributed by atoms with van der Waals surface area (Å²) in [6.07, 6.45) is 0. The van der Waals surface area contributed by atoms with Crippen molar-refractivity contribution in [3.63, 3.8) is 0 Å². The topological polar surface area (TPSA) is 79.3 Å². The minimum absolute atomic E-state index is 0.193.